The van der Waals surface area contributed by atoms with Gasteiger partial charge in [0.05, 0.1) is 0 Å². The van der Waals surface area contributed by atoms with Crippen molar-refractivity contribution in [3.8, 4) is 0 Å². The molecule has 1 rings (SSSR count). The molecule has 14 heavy (non-hydrogen) atoms. The molecule has 0 aromatic heterocycles. The molecule has 0 radical (unpaired) electrons. The van der Waals surface area contributed by atoms with Gasteiger partial charge >= 0.3 is 0 Å². The molecule has 1 fully saturated rings. The van der Waals surface area contributed by atoms with Crippen LogP contribution in [0.4, 0.5) is 0 Å². The van der Waals surface area contributed by atoms with Gasteiger partial charge in [0.1, 0.15) is 0 Å². The topological polar surface area (TPSA) is 61.4 Å². The Bertz CT molecular complexity index is 185. The first-order valence-electron chi connectivity index (χ1n) is 5.32. The molecule has 1 amide bonds. The highest BCUT2D eigenvalue weighted by Crippen LogP contribution is 2.24. The third-order valence-corrected chi connectivity index (χ3v) is 2.84. The average Bonchev–Trinajstić information content (AvgIpc) is 2.62. The summed E-state index contributed by atoms with van der Waals surface area (Å²) in [6.07, 6.45) is 3.68. The van der Waals surface area contributed by atoms with Gasteiger partial charge in [0, 0.05) is 31.5 Å². The number of carbonyl (C=O) groups is 1. The van der Waals surface area contributed by atoms with Gasteiger partial charge in [0.2, 0.25) is 5.91 Å². The molecule has 0 aromatic carbocycles. The Morgan fingerprint density at radius 1 is 1.50 bits per heavy atom. The van der Waals surface area contributed by atoms with E-state index in [0.717, 1.165) is 19.3 Å². The number of aliphatic hydroxyl groups is 1. The van der Waals surface area contributed by atoms with Crippen LogP contribution in [-0.4, -0.2) is 37.3 Å². The van der Waals surface area contributed by atoms with Gasteiger partial charge in [-0.1, -0.05) is 6.42 Å². The number of nitrogens with one attached hydrogen (secondary N) is 2. The molecular weight excluding hydrogens is 180 g/mol. The lowest BCUT2D eigenvalue weighted by molar-refractivity contribution is -0.122. The second-order valence-electron chi connectivity index (χ2n) is 3.90. The molecule has 1 saturated carbocycles. The van der Waals surface area contributed by atoms with E-state index in [4.69, 9.17) is 5.11 Å². The molecule has 2 atom stereocenters. The number of rotatable bonds is 5. The Morgan fingerprint density at radius 3 is 2.93 bits per heavy atom. The SMILES string of the molecule is CNCCC(=O)NC1CCCC1CO. The fourth-order valence-electron chi connectivity index (χ4n) is 1.96. The quantitative estimate of drug-likeness (QED) is 0.579. The molecule has 0 saturated heterocycles. The van der Waals surface area contributed by atoms with Crippen molar-refractivity contribution in [3.05, 3.63) is 0 Å². The second-order valence-corrected chi connectivity index (χ2v) is 3.90. The highest BCUT2D eigenvalue weighted by molar-refractivity contribution is 5.76. The second kappa shape index (κ2) is 5.98. The lowest BCUT2D eigenvalue weighted by atomic mass is 10.1. The number of hydrogen-bond acceptors (Lipinski definition) is 3. The minimum Gasteiger partial charge on any atom is -0.396 e. The van der Waals surface area contributed by atoms with Crippen LogP contribution in [0.2, 0.25) is 0 Å². The zero-order chi connectivity index (χ0) is 10.4. The summed E-state index contributed by atoms with van der Waals surface area (Å²) in [7, 11) is 1.83. The molecule has 4 nitrogen and oxygen atoms in total. The first-order chi connectivity index (χ1) is 6.77. The summed E-state index contributed by atoms with van der Waals surface area (Å²) in [6.45, 7) is 0.902. The van der Waals surface area contributed by atoms with Crippen molar-refractivity contribution in [1.82, 2.24) is 10.6 Å². The molecule has 1 aliphatic rings. The first-order valence-corrected chi connectivity index (χ1v) is 5.32. The predicted octanol–water partition coefficient (Wildman–Crippen LogP) is -0.127. The maximum atomic E-state index is 11.4. The van der Waals surface area contributed by atoms with Gasteiger partial charge < -0.3 is 15.7 Å². The summed E-state index contributed by atoms with van der Waals surface area (Å²) >= 11 is 0. The van der Waals surface area contributed by atoms with Gasteiger partial charge in [0.15, 0.2) is 0 Å². The van der Waals surface area contributed by atoms with E-state index in [1.807, 2.05) is 7.05 Å². The fourth-order valence-corrected chi connectivity index (χ4v) is 1.96. The van der Waals surface area contributed by atoms with Crippen LogP contribution in [0.25, 0.3) is 0 Å². The Morgan fingerprint density at radius 2 is 2.29 bits per heavy atom. The largest absolute Gasteiger partial charge is 0.396 e. The third kappa shape index (κ3) is 3.27. The molecule has 0 aliphatic heterocycles. The molecule has 0 heterocycles. The molecule has 82 valence electrons. The van der Waals surface area contributed by atoms with Crippen LogP contribution in [0.3, 0.4) is 0 Å². The highest BCUT2D eigenvalue weighted by Gasteiger charge is 2.27. The Hall–Kier alpha value is -0.610. The van der Waals surface area contributed by atoms with E-state index >= 15 is 0 Å². The van der Waals surface area contributed by atoms with Gasteiger partial charge in [-0.05, 0) is 19.9 Å². The smallest absolute Gasteiger partial charge is 0.221 e. The van der Waals surface area contributed by atoms with Gasteiger partial charge in [-0.15, -0.1) is 0 Å². The van der Waals surface area contributed by atoms with Crippen molar-refractivity contribution in [2.45, 2.75) is 31.7 Å². The van der Waals surface area contributed by atoms with Crippen LogP contribution in [0, 0.1) is 5.92 Å². The standard InChI is InChI=1S/C10H20N2O2/c1-11-6-5-10(14)12-9-4-2-3-8(9)7-13/h8-9,11,13H,2-7H2,1H3,(H,12,14). The van der Waals surface area contributed by atoms with Crippen LogP contribution in [0.1, 0.15) is 25.7 Å². The number of hydrogen-bond donors (Lipinski definition) is 3. The van der Waals surface area contributed by atoms with E-state index in [-0.39, 0.29) is 24.5 Å². The van der Waals surface area contributed by atoms with Gasteiger partial charge in [-0.25, -0.2) is 0 Å². The van der Waals surface area contributed by atoms with Crippen molar-refractivity contribution in [3.63, 3.8) is 0 Å². The summed E-state index contributed by atoms with van der Waals surface area (Å²) in [4.78, 5) is 11.4. The summed E-state index contributed by atoms with van der Waals surface area (Å²) in [6, 6.07) is 0.198. The summed E-state index contributed by atoms with van der Waals surface area (Å²) in [5.74, 6) is 0.359. The van der Waals surface area contributed by atoms with E-state index in [0.29, 0.717) is 13.0 Å². The summed E-state index contributed by atoms with van der Waals surface area (Å²) < 4.78 is 0. The molecular formula is C10H20N2O2. The zero-order valence-electron chi connectivity index (χ0n) is 8.75. The molecule has 0 bridgehead atoms. The maximum absolute atomic E-state index is 11.4. The summed E-state index contributed by atoms with van der Waals surface area (Å²) in [5.41, 5.74) is 0. The van der Waals surface area contributed by atoms with E-state index in [1.54, 1.807) is 0 Å². The number of amides is 1. The van der Waals surface area contributed by atoms with Gasteiger partial charge in [0.25, 0.3) is 0 Å². The van der Waals surface area contributed by atoms with Crippen LogP contribution >= 0.6 is 0 Å². The number of carbonyl (C=O) groups excluding carboxylic acids is 1. The lowest BCUT2D eigenvalue weighted by Gasteiger charge is -2.18. The van der Waals surface area contributed by atoms with E-state index < -0.39 is 0 Å². The first kappa shape index (κ1) is 11.5. The van der Waals surface area contributed by atoms with Crippen molar-refractivity contribution < 1.29 is 9.90 Å². The van der Waals surface area contributed by atoms with E-state index in [9.17, 15) is 4.79 Å². The molecule has 4 heteroatoms. The van der Waals surface area contributed by atoms with E-state index in [2.05, 4.69) is 10.6 Å². The molecule has 3 N–H and O–H groups in total. The Labute approximate surface area is 85.1 Å². The van der Waals surface area contributed by atoms with Crippen molar-refractivity contribution in [2.24, 2.45) is 5.92 Å². The predicted molar refractivity (Wildman–Crippen MR) is 54.9 cm³/mol. The molecule has 0 spiro atoms. The fraction of sp³-hybridized carbons (Fsp3) is 0.900. The van der Waals surface area contributed by atoms with Crippen LogP contribution < -0.4 is 10.6 Å². The van der Waals surface area contributed by atoms with Gasteiger partial charge in [-0.2, -0.15) is 0 Å². The van der Waals surface area contributed by atoms with E-state index in [1.165, 1.54) is 0 Å². The van der Waals surface area contributed by atoms with Crippen molar-refractivity contribution >= 4 is 5.91 Å². The Balaban J connectivity index is 2.25. The maximum Gasteiger partial charge on any atom is 0.221 e. The van der Waals surface area contributed by atoms with Crippen molar-refractivity contribution in [2.75, 3.05) is 20.2 Å². The number of aliphatic hydroxyl groups excluding tert-OH is 1. The molecule has 2 unspecified atom stereocenters. The Kier molecular flexibility index (Phi) is 4.90. The van der Waals surface area contributed by atoms with Gasteiger partial charge in [-0.3, -0.25) is 4.79 Å². The molecule has 1 aliphatic carbocycles. The summed E-state index contributed by atoms with van der Waals surface area (Å²) in [5, 5.41) is 15.0. The normalized spacial score (nSPS) is 26.4. The highest BCUT2D eigenvalue weighted by atomic mass is 16.3. The minimum atomic E-state index is 0.0877. The third-order valence-electron chi connectivity index (χ3n) is 2.84. The zero-order valence-corrected chi connectivity index (χ0v) is 8.75. The van der Waals surface area contributed by atoms with Crippen LogP contribution in [-0.2, 0) is 4.79 Å². The lowest BCUT2D eigenvalue weighted by Crippen LogP contribution is -2.39. The van der Waals surface area contributed by atoms with Crippen LogP contribution in [0.15, 0.2) is 0 Å². The monoisotopic (exact) mass is 200 g/mol. The van der Waals surface area contributed by atoms with Crippen molar-refractivity contribution in [1.29, 1.82) is 0 Å². The van der Waals surface area contributed by atoms with Crippen LogP contribution in [0.5, 0.6) is 0 Å². The minimum absolute atomic E-state index is 0.0877. The molecule has 0 aromatic rings. The average molecular weight is 200 g/mol.